The van der Waals surface area contributed by atoms with Crippen molar-refractivity contribution in [1.82, 2.24) is 29.4 Å². The number of hydrogen-bond donors (Lipinski definition) is 1. The Labute approximate surface area is 136 Å². The van der Waals surface area contributed by atoms with Crippen LogP contribution in [0.4, 0.5) is 0 Å². The monoisotopic (exact) mass is 318 g/mol. The van der Waals surface area contributed by atoms with Crippen molar-refractivity contribution in [2.45, 2.75) is 51.3 Å². The van der Waals surface area contributed by atoms with Crippen molar-refractivity contribution < 1.29 is 5.11 Å². The van der Waals surface area contributed by atoms with Crippen LogP contribution in [0, 0.1) is 0 Å². The molecule has 0 aromatic carbocycles. The van der Waals surface area contributed by atoms with Gasteiger partial charge in [-0.15, -0.1) is 10.2 Å². The average Bonchev–Trinajstić information content (AvgIpc) is 3.09. The van der Waals surface area contributed by atoms with Crippen molar-refractivity contribution in [1.29, 1.82) is 0 Å². The van der Waals surface area contributed by atoms with Crippen molar-refractivity contribution in [3.05, 3.63) is 30.1 Å². The van der Waals surface area contributed by atoms with Gasteiger partial charge in [-0.05, 0) is 39.3 Å². The van der Waals surface area contributed by atoms with Gasteiger partial charge in [-0.3, -0.25) is 9.58 Å². The first-order chi connectivity index (χ1) is 11.0. The van der Waals surface area contributed by atoms with Gasteiger partial charge in [0.1, 0.15) is 12.2 Å². The Morgan fingerprint density at radius 2 is 2.22 bits per heavy atom. The van der Waals surface area contributed by atoms with Crippen LogP contribution in [-0.4, -0.2) is 53.2 Å². The number of piperidine rings is 1. The first-order valence-electron chi connectivity index (χ1n) is 8.27. The molecule has 1 unspecified atom stereocenters. The minimum Gasteiger partial charge on any atom is -0.388 e. The van der Waals surface area contributed by atoms with Crippen LogP contribution < -0.4 is 0 Å². The van der Waals surface area contributed by atoms with Gasteiger partial charge in [0, 0.05) is 38.8 Å². The molecule has 1 N–H and O–H groups in total. The van der Waals surface area contributed by atoms with Crippen molar-refractivity contribution in [2.24, 2.45) is 7.05 Å². The minimum atomic E-state index is -0.736. The van der Waals surface area contributed by atoms with Gasteiger partial charge in [-0.1, -0.05) is 0 Å². The van der Waals surface area contributed by atoms with E-state index in [4.69, 9.17) is 0 Å². The van der Waals surface area contributed by atoms with Gasteiger partial charge < -0.3 is 9.67 Å². The van der Waals surface area contributed by atoms with Crippen molar-refractivity contribution in [3.63, 3.8) is 0 Å². The van der Waals surface area contributed by atoms with Crippen LogP contribution in [0.3, 0.4) is 0 Å². The van der Waals surface area contributed by atoms with Gasteiger partial charge in [0.2, 0.25) is 0 Å². The molecular formula is C16H26N6O. The number of aromatic nitrogens is 5. The summed E-state index contributed by atoms with van der Waals surface area (Å²) in [5, 5.41) is 23.6. The number of aryl methyl sites for hydroxylation is 1. The minimum absolute atomic E-state index is 0.373. The van der Waals surface area contributed by atoms with Crippen molar-refractivity contribution >= 4 is 0 Å². The molecule has 1 aliphatic heterocycles. The molecule has 0 aliphatic carbocycles. The van der Waals surface area contributed by atoms with E-state index in [0.717, 1.165) is 37.4 Å². The lowest BCUT2D eigenvalue weighted by atomic mass is 9.89. The van der Waals surface area contributed by atoms with E-state index in [1.165, 1.54) is 0 Å². The molecule has 1 fully saturated rings. The molecule has 0 spiro atoms. The topological polar surface area (TPSA) is 72.0 Å². The molecule has 1 aliphatic rings. The largest absolute Gasteiger partial charge is 0.388 e. The van der Waals surface area contributed by atoms with E-state index in [0.29, 0.717) is 19.0 Å². The van der Waals surface area contributed by atoms with Gasteiger partial charge in [-0.2, -0.15) is 5.10 Å². The van der Waals surface area contributed by atoms with E-state index >= 15 is 0 Å². The van der Waals surface area contributed by atoms with Gasteiger partial charge >= 0.3 is 0 Å². The van der Waals surface area contributed by atoms with E-state index in [2.05, 4.69) is 40.1 Å². The Kier molecular flexibility index (Phi) is 4.50. The number of aliphatic hydroxyl groups is 1. The zero-order valence-corrected chi connectivity index (χ0v) is 14.2. The number of rotatable bonds is 5. The highest BCUT2D eigenvalue weighted by atomic mass is 16.3. The highest BCUT2D eigenvalue weighted by Gasteiger charge is 2.34. The zero-order valence-electron chi connectivity index (χ0n) is 14.2. The second kappa shape index (κ2) is 6.41. The Bertz CT molecular complexity index is 649. The first kappa shape index (κ1) is 16.1. The molecule has 3 heterocycles. The van der Waals surface area contributed by atoms with Crippen molar-refractivity contribution in [3.8, 4) is 0 Å². The molecule has 7 nitrogen and oxygen atoms in total. The van der Waals surface area contributed by atoms with Gasteiger partial charge in [0.25, 0.3) is 0 Å². The van der Waals surface area contributed by atoms with Crippen LogP contribution in [0.5, 0.6) is 0 Å². The summed E-state index contributed by atoms with van der Waals surface area (Å²) in [5.74, 6) is 0.832. The molecule has 0 radical (unpaired) electrons. The summed E-state index contributed by atoms with van der Waals surface area (Å²) < 4.78 is 3.85. The normalized spacial score (nSPS) is 22.8. The molecule has 0 saturated carbocycles. The second-order valence-electron chi connectivity index (χ2n) is 6.95. The standard InChI is InChI=1S/C16H26N6O/c1-13(2)22-8-5-14(19-22)10-21-7-4-6-16(23,11-21)9-15-18-17-12-20(15)3/h5,8,12-13,23H,4,6-7,9-11H2,1-3H3. The summed E-state index contributed by atoms with van der Waals surface area (Å²) in [6, 6.07) is 2.44. The fourth-order valence-electron chi connectivity index (χ4n) is 3.23. The fourth-order valence-corrected chi connectivity index (χ4v) is 3.23. The molecule has 0 amide bonds. The Hall–Kier alpha value is -1.73. The van der Waals surface area contributed by atoms with Gasteiger partial charge in [0.15, 0.2) is 0 Å². The zero-order chi connectivity index (χ0) is 16.4. The summed E-state index contributed by atoms with van der Waals surface area (Å²) in [5.41, 5.74) is 0.321. The maximum Gasteiger partial charge on any atom is 0.135 e. The molecule has 126 valence electrons. The van der Waals surface area contributed by atoms with E-state index in [-0.39, 0.29) is 0 Å². The quantitative estimate of drug-likeness (QED) is 0.896. The third-order valence-corrected chi connectivity index (χ3v) is 4.50. The summed E-state index contributed by atoms with van der Waals surface area (Å²) >= 11 is 0. The molecular weight excluding hydrogens is 292 g/mol. The summed E-state index contributed by atoms with van der Waals surface area (Å²) in [7, 11) is 1.91. The lowest BCUT2D eigenvalue weighted by Crippen LogP contribution is -2.49. The van der Waals surface area contributed by atoms with Crippen LogP contribution in [0.1, 0.15) is 44.2 Å². The highest BCUT2D eigenvalue weighted by molar-refractivity contribution is 5.02. The Morgan fingerprint density at radius 1 is 1.39 bits per heavy atom. The van der Waals surface area contributed by atoms with Crippen LogP contribution in [0.2, 0.25) is 0 Å². The number of likely N-dealkylation sites (tertiary alicyclic amines) is 1. The third-order valence-electron chi connectivity index (χ3n) is 4.50. The molecule has 3 rings (SSSR count). The maximum absolute atomic E-state index is 11.0. The third kappa shape index (κ3) is 3.79. The lowest BCUT2D eigenvalue weighted by molar-refractivity contribution is -0.0348. The predicted octanol–water partition coefficient (Wildman–Crippen LogP) is 1.16. The van der Waals surface area contributed by atoms with Crippen LogP contribution in [-0.2, 0) is 20.0 Å². The molecule has 1 saturated heterocycles. The number of hydrogen-bond acceptors (Lipinski definition) is 5. The second-order valence-corrected chi connectivity index (χ2v) is 6.95. The maximum atomic E-state index is 11.0. The van der Waals surface area contributed by atoms with E-state index < -0.39 is 5.60 Å². The van der Waals surface area contributed by atoms with Gasteiger partial charge in [-0.25, -0.2) is 0 Å². The molecule has 2 aromatic heterocycles. The summed E-state index contributed by atoms with van der Waals surface area (Å²) in [6.45, 7) is 6.67. The Balaban J connectivity index is 1.64. The Morgan fingerprint density at radius 3 is 2.87 bits per heavy atom. The van der Waals surface area contributed by atoms with Crippen molar-refractivity contribution in [2.75, 3.05) is 13.1 Å². The molecule has 7 heteroatoms. The van der Waals surface area contributed by atoms with E-state index in [1.807, 2.05) is 22.5 Å². The lowest BCUT2D eigenvalue weighted by Gasteiger charge is -2.38. The summed E-state index contributed by atoms with van der Waals surface area (Å²) in [6.07, 6.45) is 6.03. The smallest absolute Gasteiger partial charge is 0.135 e. The first-order valence-corrected chi connectivity index (χ1v) is 8.27. The number of nitrogens with zero attached hydrogens (tertiary/aromatic N) is 6. The SMILES string of the molecule is CC(C)n1ccc(CN2CCCC(O)(Cc3nncn3C)C2)n1. The van der Waals surface area contributed by atoms with E-state index in [1.54, 1.807) is 6.33 Å². The predicted molar refractivity (Wildman–Crippen MR) is 86.8 cm³/mol. The van der Waals surface area contributed by atoms with Crippen LogP contribution in [0.15, 0.2) is 18.6 Å². The van der Waals surface area contributed by atoms with Gasteiger partial charge in [0.05, 0.1) is 11.3 Å². The summed E-state index contributed by atoms with van der Waals surface area (Å²) in [4.78, 5) is 2.28. The molecule has 1 atom stereocenters. The molecule has 2 aromatic rings. The molecule has 0 bridgehead atoms. The van der Waals surface area contributed by atoms with Crippen LogP contribution in [0.25, 0.3) is 0 Å². The average molecular weight is 318 g/mol. The van der Waals surface area contributed by atoms with Crippen LogP contribution >= 0.6 is 0 Å². The van der Waals surface area contributed by atoms with E-state index in [9.17, 15) is 5.11 Å². The highest BCUT2D eigenvalue weighted by Crippen LogP contribution is 2.25. The fraction of sp³-hybridized carbons (Fsp3) is 0.688. The molecule has 23 heavy (non-hydrogen) atoms. The number of β-amino-alcohol motifs (C(OH)–C–C–N with tert-alkyl or cyclic N) is 1.